The first-order chi connectivity index (χ1) is 9.78. The summed E-state index contributed by atoms with van der Waals surface area (Å²) in [5, 5.41) is 3.59. The second kappa shape index (κ2) is 6.09. The standard InChI is InChI=1S/C17H28N2OS/c1-7-17(6)16(20)19(12(4)10-11(2)3)15(18-17)14-9-8-13(5)21-14/h8-9,11-12,15,18H,7,10H2,1-6H3. The first-order valence-electron chi connectivity index (χ1n) is 7.95. The summed E-state index contributed by atoms with van der Waals surface area (Å²) in [7, 11) is 0. The summed E-state index contributed by atoms with van der Waals surface area (Å²) in [6, 6.07) is 4.55. The third-order valence-electron chi connectivity index (χ3n) is 4.47. The number of carbonyl (C=O) groups is 1. The summed E-state index contributed by atoms with van der Waals surface area (Å²) >= 11 is 1.78. The molecule has 2 rings (SSSR count). The number of hydrogen-bond acceptors (Lipinski definition) is 3. The number of aryl methyl sites for hydroxylation is 1. The van der Waals surface area contributed by atoms with Crippen LogP contribution in [-0.2, 0) is 4.79 Å². The highest BCUT2D eigenvalue weighted by Gasteiger charge is 2.49. The van der Waals surface area contributed by atoms with Gasteiger partial charge in [-0.2, -0.15) is 0 Å². The van der Waals surface area contributed by atoms with Gasteiger partial charge in [0.25, 0.3) is 0 Å². The van der Waals surface area contributed by atoms with E-state index in [4.69, 9.17) is 0 Å². The van der Waals surface area contributed by atoms with Gasteiger partial charge >= 0.3 is 0 Å². The minimum atomic E-state index is -0.437. The lowest BCUT2D eigenvalue weighted by molar-refractivity contribution is -0.135. The Balaban J connectivity index is 2.33. The predicted molar refractivity (Wildman–Crippen MR) is 89.4 cm³/mol. The highest BCUT2D eigenvalue weighted by atomic mass is 32.1. The van der Waals surface area contributed by atoms with E-state index in [-0.39, 0.29) is 18.1 Å². The predicted octanol–water partition coefficient (Wildman–Crippen LogP) is 4.09. The van der Waals surface area contributed by atoms with Gasteiger partial charge in [-0.1, -0.05) is 20.8 Å². The van der Waals surface area contributed by atoms with Crippen molar-refractivity contribution in [1.82, 2.24) is 10.2 Å². The van der Waals surface area contributed by atoms with Crippen molar-refractivity contribution in [1.29, 1.82) is 0 Å². The molecule has 0 saturated carbocycles. The van der Waals surface area contributed by atoms with E-state index in [0.29, 0.717) is 5.92 Å². The molecule has 3 nitrogen and oxygen atoms in total. The van der Waals surface area contributed by atoms with Crippen LogP contribution in [0.3, 0.4) is 0 Å². The summed E-state index contributed by atoms with van der Waals surface area (Å²) in [6.07, 6.45) is 1.88. The molecule has 1 aromatic heterocycles. The second-order valence-corrected chi connectivity index (χ2v) is 8.19. The maximum Gasteiger partial charge on any atom is 0.244 e. The molecule has 0 spiro atoms. The maximum atomic E-state index is 12.9. The fraction of sp³-hybridized carbons (Fsp3) is 0.706. The smallest absolute Gasteiger partial charge is 0.244 e. The van der Waals surface area contributed by atoms with Crippen molar-refractivity contribution in [2.75, 3.05) is 0 Å². The largest absolute Gasteiger partial charge is 0.318 e. The minimum absolute atomic E-state index is 0.0231. The number of hydrogen-bond donors (Lipinski definition) is 1. The van der Waals surface area contributed by atoms with Gasteiger partial charge in [0.2, 0.25) is 5.91 Å². The number of carbonyl (C=O) groups excluding carboxylic acids is 1. The zero-order valence-electron chi connectivity index (χ0n) is 14.1. The molecule has 1 N–H and O–H groups in total. The minimum Gasteiger partial charge on any atom is -0.318 e. The second-order valence-electron chi connectivity index (χ2n) is 6.87. The molecule has 3 atom stereocenters. The molecule has 21 heavy (non-hydrogen) atoms. The van der Waals surface area contributed by atoms with Crippen LogP contribution in [0.25, 0.3) is 0 Å². The van der Waals surface area contributed by atoms with Crippen molar-refractivity contribution in [2.24, 2.45) is 5.92 Å². The van der Waals surface area contributed by atoms with Gasteiger partial charge in [0.05, 0.1) is 5.54 Å². The van der Waals surface area contributed by atoms with E-state index in [0.717, 1.165) is 12.8 Å². The highest BCUT2D eigenvalue weighted by Crippen LogP contribution is 2.37. The van der Waals surface area contributed by atoms with Gasteiger partial charge in [-0.15, -0.1) is 11.3 Å². The zero-order valence-corrected chi connectivity index (χ0v) is 14.9. The monoisotopic (exact) mass is 308 g/mol. The topological polar surface area (TPSA) is 32.3 Å². The normalized spacial score (nSPS) is 27.7. The van der Waals surface area contributed by atoms with E-state index >= 15 is 0 Å². The Morgan fingerprint density at radius 3 is 2.52 bits per heavy atom. The fourth-order valence-electron chi connectivity index (χ4n) is 3.15. The van der Waals surface area contributed by atoms with E-state index in [1.807, 2.05) is 6.92 Å². The molecule has 4 heteroatoms. The molecule has 0 radical (unpaired) electrons. The molecule has 0 bridgehead atoms. The lowest BCUT2D eigenvalue weighted by Gasteiger charge is -2.31. The molecular formula is C17H28N2OS. The van der Waals surface area contributed by atoms with Crippen LogP contribution in [0.2, 0.25) is 0 Å². The zero-order chi connectivity index (χ0) is 15.8. The summed E-state index contributed by atoms with van der Waals surface area (Å²) < 4.78 is 0. The van der Waals surface area contributed by atoms with Gasteiger partial charge in [0.15, 0.2) is 0 Å². The molecule has 1 fully saturated rings. The van der Waals surface area contributed by atoms with Crippen LogP contribution in [0.1, 0.15) is 63.4 Å². The van der Waals surface area contributed by atoms with Crippen molar-refractivity contribution < 1.29 is 4.79 Å². The van der Waals surface area contributed by atoms with Crippen LogP contribution in [-0.4, -0.2) is 22.4 Å². The quantitative estimate of drug-likeness (QED) is 0.888. The van der Waals surface area contributed by atoms with E-state index in [1.54, 1.807) is 11.3 Å². The van der Waals surface area contributed by atoms with Gasteiger partial charge in [-0.25, -0.2) is 0 Å². The SMILES string of the molecule is CCC1(C)NC(c2ccc(C)s2)N(C(C)CC(C)C)C1=O. The van der Waals surface area contributed by atoms with Gasteiger partial charge in [-0.3, -0.25) is 10.1 Å². The molecule has 0 aliphatic carbocycles. The first-order valence-corrected chi connectivity index (χ1v) is 8.77. The average molecular weight is 308 g/mol. The lowest BCUT2D eigenvalue weighted by Crippen LogP contribution is -2.44. The van der Waals surface area contributed by atoms with Crippen LogP contribution in [0, 0.1) is 12.8 Å². The van der Waals surface area contributed by atoms with Crippen molar-refractivity contribution in [3.63, 3.8) is 0 Å². The number of nitrogens with one attached hydrogen (secondary N) is 1. The Morgan fingerprint density at radius 2 is 2.05 bits per heavy atom. The summed E-state index contributed by atoms with van der Waals surface area (Å²) in [4.78, 5) is 17.6. The van der Waals surface area contributed by atoms with Crippen LogP contribution in [0.15, 0.2) is 12.1 Å². The molecule has 1 aliphatic rings. The van der Waals surface area contributed by atoms with E-state index in [1.165, 1.54) is 9.75 Å². The Kier molecular flexibility index (Phi) is 4.79. The number of amides is 1. The molecular weight excluding hydrogens is 280 g/mol. The van der Waals surface area contributed by atoms with Crippen LogP contribution < -0.4 is 5.32 Å². The van der Waals surface area contributed by atoms with Crippen LogP contribution >= 0.6 is 11.3 Å². The highest BCUT2D eigenvalue weighted by molar-refractivity contribution is 7.12. The first kappa shape index (κ1) is 16.5. The summed E-state index contributed by atoms with van der Waals surface area (Å²) in [5.74, 6) is 0.834. The lowest BCUT2D eigenvalue weighted by atomic mass is 9.98. The van der Waals surface area contributed by atoms with Crippen molar-refractivity contribution in [2.45, 2.75) is 72.1 Å². The maximum absolute atomic E-state index is 12.9. The van der Waals surface area contributed by atoms with Crippen LogP contribution in [0.5, 0.6) is 0 Å². The Morgan fingerprint density at radius 1 is 1.38 bits per heavy atom. The van der Waals surface area contributed by atoms with E-state index < -0.39 is 5.54 Å². The van der Waals surface area contributed by atoms with Gasteiger partial charge in [-0.05, 0) is 51.7 Å². The number of nitrogens with zero attached hydrogens (tertiary/aromatic N) is 1. The third-order valence-corrected chi connectivity index (χ3v) is 5.52. The molecule has 2 heterocycles. The van der Waals surface area contributed by atoms with Gasteiger partial charge < -0.3 is 4.90 Å². The molecule has 1 saturated heterocycles. The van der Waals surface area contributed by atoms with Gasteiger partial charge in [0.1, 0.15) is 6.17 Å². The number of thiophene rings is 1. The van der Waals surface area contributed by atoms with Crippen molar-refractivity contribution in [3.8, 4) is 0 Å². The fourth-order valence-corrected chi connectivity index (χ4v) is 4.08. The Bertz CT molecular complexity index is 511. The third kappa shape index (κ3) is 3.16. The Hall–Kier alpha value is -0.870. The van der Waals surface area contributed by atoms with Crippen molar-refractivity contribution >= 4 is 17.2 Å². The van der Waals surface area contributed by atoms with E-state index in [2.05, 4.69) is 57.0 Å². The summed E-state index contributed by atoms with van der Waals surface area (Å²) in [6.45, 7) is 12.8. The number of rotatable bonds is 5. The average Bonchev–Trinajstić information content (AvgIpc) is 2.92. The van der Waals surface area contributed by atoms with Gasteiger partial charge in [0, 0.05) is 15.8 Å². The summed E-state index contributed by atoms with van der Waals surface area (Å²) in [5.41, 5.74) is -0.437. The molecule has 1 amide bonds. The molecule has 3 unspecified atom stereocenters. The molecule has 118 valence electrons. The van der Waals surface area contributed by atoms with Crippen molar-refractivity contribution in [3.05, 3.63) is 21.9 Å². The molecule has 1 aliphatic heterocycles. The van der Waals surface area contributed by atoms with Crippen LogP contribution in [0.4, 0.5) is 0 Å². The Labute approximate surface area is 132 Å². The molecule has 1 aromatic rings. The molecule has 0 aromatic carbocycles. The van der Waals surface area contributed by atoms with E-state index in [9.17, 15) is 4.79 Å².